The normalized spacial score (nSPS) is 15.8. The van der Waals surface area contributed by atoms with Crippen molar-refractivity contribution >= 4 is 28.9 Å². The van der Waals surface area contributed by atoms with Crippen LogP contribution in [0.3, 0.4) is 0 Å². The largest absolute Gasteiger partial charge is 0.335 e. The van der Waals surface area contributed by atoms with Gasteiger partial charge in [0.25, 0.3) is 11.5 Å². The minimum Gasteiger partial charge on any atom is -0.335 e. The molecule has 0 aliphatic carbocycles. The third-order valence-electron chi connectivity index (χ3n) is 5.72. The van der Waals surface area contributed by atoms with Gasteiger partial charge in [0.15, 0.2) is 5.57 Å². The molecule has 0 radical (unpaired) electrons. The molecule has 0 unspecified atom stereocenters. The Morgan fingerprint density at radius 1 is 1.03 bits per heavy atom. The maximum Gasteiger partial charge on any atom is 0.273 e. The molecule has 174 valence electrons. The number of aromatic nitrogens is 1. The fourth-order valence-electron chi connectivity index (χ4n) is 3.80. The van der Waals surface area contributed by atoms with Crippen molar-refractivity contribution in [1.82, 2.24) is 14.4 Å². The Balaban J connectivity index is 1.90. The number of hydrogen-bond donors (Lipinski definition) is 0. The molecule has 0 N–H and O–H groups in total. The van der Waals surface area contributed by atoms with Crippen LogP contribution in [-0.2, 0) is 4.79 Å². The minimum absolute atomic E-state index is 0.143. The molecule has 0 spiro atoms. The maximum absolute atomic E-state index is 13.5. The number of nitriles is 1. The van der Waals surface area contributed by atoms with Gasteiger partial charge in [-0.25, -0.2) is 8.78 Å². The van der Waals surface area contributed by atoms with Gasteiger partial charge in [0.2, 0.25) is 0 Å². The van der Waals surface area contributed by atoms with Crippen molar-refractivity contribution in [2.24, 2.45) is 0 Å². The lowest BCUT2D eigenvalue weighted by molar-refractivity contribution is -0.126. The fraction of sp³-hybridized carbons (Fsp3) is 0.240. The first-order valence-corrected chi connectivity index (χ1v) is 11.6. The van der Waals surface area contributed by atoms with Gasteiger partial charge < -0.3 is 9.80 Å². The summed E-state index contributed by atoms with van der Waals surface area (Å²) in [5.74, 6) is -1.31. The lowest BCUT2D eigenvalue weighted by atomic mass is 10.2. The number of nitrogens with zero attached hydrogens (tertiary/aromatic N) is 4. The first-order valence-electron chi connectivity index (χ1n) is 10.8. The molecule has 9 heteroatoms. The number of carbonyl (C=O) groups excluding carboxylic acids is 1. The first kappa shape index (κ1) is 23.5. The van der Waals surface area contributed by atoms with E-state index < -0.39 is 23.1 Å². The summed E-state index contributed by atoms with van der Waals surface area (Å²) >= 11 is 1.00. The molecule has 2 heterocycles. The average molecular weight is 481 g/mol. The number of halogens is 2. The zero-order chi connectivity index (χ0) is 24.2. The second-order valence-electron chi connectivity index (χ2n) is 7.80. The van der Waals surface area contributed by atoms with Gasteiger partial charge in [-0.15, -0.1) is 11.3 Å². The smallest absolute Gasteiger partial charge is 0.273 e. The van der Waals surface area contributed by atoms with Crippen molar-refractivity contribution in [2.45, 2.75) is 6.92 Å². The van der Waals surface area contributed by atoms with Gasteiger partial charge in [0, 0.05) is 26.2 Å². The molecule has 3 aromatic rings. The van der Waals surface area contributed by atoms with Crippen molar-refractivity contribution in [3.8, 4) is 11.8 Å². The van der Waals surface area contributed by atoms with Gasteiger partial charge in [0.1, 0.15) is 22.4 Å². The Bertz CT molecular complexity index is 1410. The number of piperazine rings is 1. The predicted molar refractivity (Wildman–Crippen MR) is 127 cm³/mol. The number of carbonyl (C=O) groups is 1. The topological polar surface area (TPSA) is 69.3 Å². The maximum atomic E-state index is 13.5. The highest BCUT2D eigenvalue weighted by Crippen LogP contribution is 2.10. The monoisotopic (exact) mass is 480 g/mol. The van der Waals surface area contributed by atoms with E-state index in [4.69, 9.17) is 0 Å². The molecule has 1 fully saturated rings. The van der Waals surface area contributed by atoms with Gasteiger partial charge >= 0.3 is 0 Å². The second kappa shape index (κ2) is 10.1. The van der Waals surface area contributed by atoms with E-state index in [-0.39, 0.29) is 14.8 Å². The van der Waals surface area contributed by atoms with Crippen LogP contribution >= 0.6 is 11.3 Å². The van der Waals surface area contributed by atoms with E-state index in [9.17, 15) is 23.6 Å². The Kier molecular flexibility index (Phi) is 7.01. The molecule has 1 aliphatic heterocycles. The zero-order valence-corrected chi connectivity index (χ0v) is 19.3. The van der Waals surface area contributed by atoms with E-state index in [0.29, 0.717) is 37.4 Å². The molecule has 4 rings (SSSR count). The fourth-order valence-corrected chi connectivity index (χ4v) is 4.89. The number of benzene rings is 2. The molecule has 2 aromatic carbocycles. The van der Waals surface area contributed by atoms with Crippen molar-refractivity contribution in [2.75, 3.05) is 32.7 Å². The summed E-state index contributed by atoms with van der Waals surface area (Å²) in [6, 6.07) is 12.9. The Hall–Kier alpha value is -3.61. The number of likely N-dealkylation sites (N-methyl/N-ethyl adjacent to an activating group) is 1. The standard InChI is InChI=1S/C25H22F2N4O2S/c1-2-29-11-13-30(14-12-29)23(32)21(16-28)25-31(20-9-7-19(27)8-10-20)24(33)22(34-25)15-17-3-5-18(26)6-4-17/h3-10,15H,2,11-14H2,1H3. The Labute approximate surface area is 198 Å². The van der Waals surface area contributed by atoms with Gasteiger partial charge in [0.05, 0.1) is 10.2 Å². The zero-order valence-electron chi connectivity index (χ0n) is 18.5. The van der Waals surface area contributed by atoms with Crippen LogP contribution in [0.25, 0.3) is 17.3 Å². The summed E-state index contributed by atoms with van der Waals surface area (Å²) in [4.78, 5) is 30.5. The molecule has 6 nitrogen and oxygen atoms in total. The molecule has 1 aromatic heterocycles. The van der Waals surface area contributed by atoms with Crippen molar-refractivity contribution < 1.29 is 13.6 Å². The van der Waals surface area contributed by atoms with Gasteiger partial charge in [-0.2, -0.15) is 5.26 Å². The summed E-state index contributed by atoms with van der Waals surface area (Å²) < 4.78 is 28.5. The third-order valence-corrected chi connectivity index (χ3v) is 6.81. The molecule has 34 heavy (non-hydrogen) atoms. The Morgan fingerprint density at radius 3 is 2.18 bits per heavy atom. The van der Waals surface area contributed by atoms with Crippen molar-refractivity contribution in [1.29, 1.82) is 5.26 Å². The molecule has 0 bridgehead atoms. The molecule has 1 amide bonds. The van der Waals surface area contributed by atoms with Crippen molar-refractivity contribution in [3.63, 3.8) is 0 Å². The summed E-state index contributed by atoms with van der Waals surface area (Å²) in [5, 5.41) is 9.95. The quantitative estimate of drug-likeness (QED) is 0.572. The van der Waals surface area contributed by atoms with E-state index in [0.717, 1.165) is 17.9 Å². The van der Waals surface area contributed by atoms with Crippen LogP contribution in [0.5, 0.6) is 0 Å². The predicted octanol–water partition coefficient (Wildman–Crippen LogP) is 1.84. The highest BCUT2D eigenvalue weighted by molar-refractivity contribution is 7.07. The van der Waals surface area contributed by atoms with Crippen LogP contribution in [0, 0.1) is 23.0 Å². The second-order valence-corrected chi connectivity index (χ2v) is 8.83. The van der Waals surface area contributed by atoms with Crippen LogP contribution < -0.4 is 14.8 Å². The van der Waals surface area contributed by atoms with Crippen LogP contribution in [0.2, 0.25) is 0 Å². The van der Waals surface area contributed by atoms with Gasteiger partial charge in [-0.05, 0) is 54.6 Å². The average Bonchev–Trinajstić information content (AvgIpc) is 3.17. The highest BCUT2D eigenvalue weighted by atomic mass is 32.1. The molecule has 0 saturated carbocycles. The summed E-state index contributed by atoms with van der Waals surface area (Å²) in [7, 11) is 0. The number of hydrogen-bond acceptors (Lipinski definition) is 5. The summed E-state index contributed by atoms with van der Waals surface area (Å²) in [6.45, 7) is 5.32. The van der Waals surface area contributed by atoms with Crippen LogP contribution in [0.15, 0.2) is 53.3 Å². The highest BCUT2D eigenvalue weighted by Gasteiger charge is 2.25. The number of rotatable bonds is 4. The van der Waals surface area contributed by atoms with Crippen LogP contribution in [0.4, 0.5) is 8.78 Å². The minimum atomic E-state index is -0.471. The van der Waals surface area contributed by atoms with Crippen molar-refractivity contribution in [3.05, 3.63) is 85.3 Å². The summed E-state index contributed by atoms with van der Waals surface area (Å²) in [5.41, 5.74) is 0.341. The van der Waals surface area contributed by atoms with Crippen LogP contribution in [-0.4, -0.2) is 53.0 Å². The van der Waals surface area contributed by atoms with Gasteiger partial charge in [-0.1, -0.05) is 19.1 Å². The van der Waals surface area contributed by atoms with E-state index in [1.807, 2.05) is 6.07 Å². The number of amides is 1. The molecule has 1 saturated heterocycles. The SMILES string of the molecule is CCN1CCN(C(=O)C(C#N)=c2sc(=Cc3ccc(F)cc3)c(=O)n2-c2ccc(F)cc2)CC1. The van der Waals surface area contributed by atoms with E-state index in [1.54, 1.807) is 11.0 Å². The van der Waals surface area contributed by atoms with E-state index >= 15 is 0 Å². The summed E-state index contributed by atoms with van der Waals surface area (Å²) in [6.07, 6.45) is 1.58. The lowest BCUT2D eigenvalue weighted by Crippen LogP contribution is -2.49. The van der Waals surface area contributed by atoms with E-state index in [2.05, 4.69) is 11.8 Å². The first-order chi connectivity index (χ1) is 16.4. The molecule has 1 aliphatic rings. The molecular weight excluding hydrogens is 458 g/mol. The lowest BCUT2D eigenvalue weighted by Gasteiger charge is -2.33. The molecule has 0 atom stereocenters. The van der Waals surface area contributed by atoms with Crippen LogP contribution in [0.1, 0.15) is 12.5 Å². The molecular formula is C25H22F2N4O2S. The van der Waals surface area contributed by atoms with Gasteiger partial charge in [-0.3, -0.25) is 14.2 Å². The number of thiazole rings is 1. The van der Waals surface area contributed by atoms with E-state index in [1.165, 1.54) is 53.1 Å². The Morgan fingerprint density at radius 2 is 1.62 bits per heavy atom. The third kappa shape index (κ3) is 4.83.